The van der Waals surface area contributed by atoms with Crippen LogP contribution in [0.2, 0.25) is 0 Å². The van der Waals surface area contributed by atoms with Crippen LogP contribution in [0, 0.1) is 28.6 Å². The molecule has 0 spiro atoms. The predicted octanol–water partition coefficient (Wildman–Crippen LogP) is 2.51. The molecule has 1 fully saturated rings. The third-order valence-electron chi connectivity index (χ3n) is 5.21. The smallest absolute Gasteiger partial charge is 0.243 e. The Labute approximate surface area is 176 Å². The van der Waals surface area contributed by atoms with E-state index in [9.17, 15) is 13.2 Å². The first-order chi connectivity index (χ1) is 14.5. The van der Waals surface area contributed by atoms with Crippen molar-refractivity contribution >= 4 is 15.9 Å². The van der Waals surface area contributed by atoms with Crippen LogP contribution in [-0.2, 0) is 21.4 Å². The Morgan fingerprint density at radius 3 is 2.23 bits per heavy atom. The summed E-state index contributed by atoms with van der Waals surface area (Å²) in [4.78, 5) is 14.6. The topological polar surface area (TPSA) is 105 Å². The number of nitriles is 2. The van der Waals surface area contributed by atoms with Crippen LogP contribution < -0.4 is 0 Å². The molecule has 0 bridgehead atoms. The van der Waals surface area contributed by atoms with Crippen LogP contribution in [0.25, 0.3) is 0 Å². The molecule has 2 aromatic rings. The summed E-state index contributed by atoms with van der Waals surface area (Å²) in [5.74, 6) is -0.426. The number of hydrogen-bond acceptors (Lipinski definition) is 5. The quantitative estimate of drug-likeness (QED) is 0.665. The number of nitrogens with zero attached hydrogens (tertiary/aromatic N) is 4. The average Bonchev–Trinajstić information content (AvgIpc) is 2.79. The van der Waals surface area contributed by atoms with Gasteiger partial charge in [0, 0.05) is 25.6 Å². The Bertz CT molecular complexity index is 1060. The standard InChI is InChI=1S/C22H22N4O3S/c23-12-15-25(17-19-4-2-1-3-5-19)22(27)20-10-13-26(14-11-20)30(28,29)21-8-6-18(16-24)7-9-21/h1-9,20H,10-11,13-15,17H2. The Kier molecular flexibility index (Phi) is 6.83. The Morgan fingerprint density at radius 2 is 1.67 bits per heavy atom. The van der Waals surface area contributed by atoms with E-state index in [0.717, 1.165) is 5.56 Å². The van der Waals surface area contributed by atoms with Crippen LogP contribution in [-0.4, -0.2) is 43.2 Å². The maximum absolute atomic E-state index is 13.0. The van der Waals surface area contributed by atoms with E-state index >= 15 is 0 Å². The van der Waals surface area contributed by atoms with E-state index in [1.807, 2.05) is 42.5 Å². The van der Waals surface area contributed by atoms with Crippen LogP contribution in [0.5, 0.6) is 0 Å². The van der Waals surface area contributed by atoms with E-state index in [1.165, 1.54) is 33.5 Å². The fraction of sp³-hybridized carbons (Fsp3) is 0.318. The van der Waals surface area contributed by atoms with Crippen molar-refractivity contribution in [2.45, 2.75) is 24.3 Å². The van der Waals surface area contributed by atoms with Crippen LogP contribution >= 0.6 is 0 Å². The molecule has 0 N–H and O–H groups in total. The first-order valence-corrected chi connectivity index (χ1v) is 11.1. The van der Waals surface area contributed by atoms with E-state index in [-0.39, 0.29) is 36.4 Å². The maximum atomic E-state index is 13.0. The number of rotatable bonds is 6. The summed E-state index contributed by atoms with van der Waals surface area (Å²) in [6.45, 7) is 0.837. The van der Waals surface area contributed by atoms with E-state index in [2.05, 4.69) is 0 Å². The minimum Gasteiger partial charge on any atom is -0.325 e. The minimum atomic E-state index is -3.67. The van der Waals surface area contributed by atoms with Gasteiger partial charge >= 0.3 is 0 Å². The molecule has 0 unspecified atom stereocenters. The molecule has 1 saturated heterocycles. The second-order valence-electron chi connectivity index (χ2n) is 7.15. The van der Waals surface area contributed by atoms with Gasteiger partial charge in [-0.25, -0.2) is 8.42 Å². The van der Waals surface area contributed by atoms with Crippen LogP contribution in [0.4, 0.5) is 0 Å². The van der Waals surface area contributed by atoms with Gasteiger partial charge in [0.15, 0.2) is 0 Å². The van der Waals surface area contributed by atoms with Gasteiger partial charge < -0.3 is 4.90 Å². The first-order valence-electron chi connectivity index (χ1n) is 9.65. The van der Waals surface area contributed by atoms with Gasteiger partial charge in [-0.3, -0.25) is 4.79 Å². The van der Waals surface area contributed by atoms with Crippen molar-refractivity contribution in [1.29, 1.82) is 10.5 Å². The highest BCUT2D eigenvalue weighted by Crippen LogP contribution is 2.26. The molecule has 7 nitrogen and oxygen atoms in total. The second kappa shape index (κ2) is 9.53. The van der Waals surface area contributed by atoms with Crippen LogP contribution in [0.15, 0.2) is 59.5 Å². The summed E-state index contributed by atoms with van der Waals surface area (Å²) in [7, 11) is -3.67. The summed E-state index contributed by atoms with van der Waals surface area (Å²) in [5.41, 5.74) is 1.34. The lowest BCUT2D eigenvalue weighted by atomic mass is 9.96. The van der Waals surface area contributed by atoms with Crippen molar-refractivity contribution in [2.24, 2.45) is 5.92 Å². The van der Waals surface area contributed by atoms with E-state index in [0.29, 0.717) is 24.9 Å². The largest absolute Gasteiger partial charge is 0.325 e. The molecular formula is C22H22N4O3S. The monoisotopic (exact) mass is 422 g/mol. The Morgan fingerprint density at radius 1 is 1.03 bits per heavy atom. The van der Waals surface area contributed by atoms with Crippen molar-refractivity contribution in [1.82, 2.24) is 9.21 Å². The lowest BCUT2D eigenvalue weighted by molar-refractivity contribution is -0.136. The van der Waals surface area contributed by atoms with E-state index in [1.54, 1.807) is 0 Å². The molecule has 2 aromatic carbocycles. The summed E-state index contributed by atoms with van der Waals surface area (Å²) in [6.07, 6.45) is 0.816. The zero-order chi connectivity index (χ0) is 21.6. The summed E-state index contributed by atoms with van der Waals surface area (Å²) < 4.78 is 27.1. The highest BCUT2D eigenvalue weighted by atomic mass is 32.2. The third kappa shape index (κ3) is 4.85. The molecule has 1 aliphatic rings. The van der Waals surface area contributed by atoms with E-state index in [4.69, 9.17) is 10.5 Å². The second-order valence-corrected chi connectivity index (χ2v) is 9.09. The molecule has 8 heteroatoms. The normalized spacial score (nSPS) is 15.1. The highest BCUT2D eigenvalue weighted by Gasteiger charge is 2.33. The van der Waals surface area contributed by atoms with Crippen molar-refractivity contribution < 1.29 is 13.2 Å². The van der Waals surface area contributed by atoms with E-state index < -0.39 is 10.0 Å². The zero-order valence-electron chi connectivity index (χ0n) is 16.4. The maximum Gasteiger partial charge on any atom is 0.243 e. The van der Waals surface area contributed by atoms with Gasteiger partial charge in [0.2, 0.25) is 15.9 Å². The highest BCUT2D eigenvalue weighted by molar-refractivity contribution is 7.89. The average molecular weight is 423 g/mol. The molecule has 3 rings (SSSR count). The van der Waals surface area contributed by atoms with Crippen molar-refractivity contribution in [3.05, 3.63) is 65.7 Å². The van der Waals surface area contributed by atoms with Crippen molar-refractivity contribution in [3.8, 4) is 12.1 Å². The minimum absolute atomic E-state index is 0.00250. The summed E-state index contributed by atoms with van der Waals surface area (Å²) in [5, 5.41) is 18.0. The van der Waals surface area contributed by atoms with Gasteiger partial charge in [0.05, 0.1) is 22.6 Å². The molecule has 0 saturated carbocycles. The lowest BCUT2D eigenvalue weighted by Crippen LogP contribution is -2.44. The number of hydrogen-bond donors (Lipinski definition) is 0. The molecule has 0 aromatic heterocycles. The number of carbonyl (C=O) groups excluding carboxylic acids is 1. The predicted molar refractivity (Wildman–Crippen MR) is 110 cm³/mol. The molecule has 30 heavy (non-hydrogen) atoms. The van der Waals surface area contributed by atoms with Crippen LogP contribution in [0.3, 0.4) is 0 Å². The number of benzene rings is 2. The third-order valence-corrected chi connectivity index (χ3v) is 7.13. The SMILES string of the molecule is N#CCN(Cc1ccccc1)C(=O)C1CCN(S(=O)(=O)c2ccc(C#N)cc2)CC1. The first kappa shape index (κ1) is 21.5. The molecule has 1 heterocycles. The van der Waals surface area contributed by atoms with Crippen LogP contribution in [0.1, 0.15) is 24.0 Å². The van der Waals surface area contributed by atoms with Gasteiger partial charge in [-0.05, 0) is 42.7 Å². The van der Waals surface area contributed by atoms with Crippen molar-refractivity contribution in [2.75, 3.05) is 19.6 Å². The molecule has 1 amide bonds. The lowest BCUT2D eigenvalue weighted by Gasteiger charge is -2.33. The molecule has 0 radical (unpaired) electrons. The number of piperidine rings is 1. The number of carbonyl (C=O) groups is 1. The van der Waals surface area contributed by atoms with Gasteiger partial charge in [0.25, 0.3) is 0 Å². The Balaban J connectivity index is 1.65. The summed E-state index contributed by atoms with van der Waals surface area (Å²) >= 11 is 0. The number of sulfonamides is 1. The fourth-order valence-electron chi connectivity index (χ4n) is 3.55. The molecule has 154 valence electrons. The molecule has 1 aliphatic heterocycles. The van der Waals surface area contributed by atoms with Gasteiger partial charge in [-0.15, -0.1) is 0 Å². The molecular weight excluding hydrogens is 400 g/mol. The fourth-order valence-corrected chi connectivity index (χ4v) is 5.02. The zero-order valence-corrected chi connectivity index (χ0v) is 17.3. The van der Waals surface area contributed by atoms with Gasteiger partial charge in [-0.1, -0.05) is 30.3 Å². The molecule has 0 atom stereocenters. The van der Waals surface area contributed by atoms with Crippen molar-refractivity contribution in [3.63, 3.8) is 0 Å². The number of amides is 1. The summed E-state index contributed by atoms with van der Waals surface area (Å²) in [6, 6.07) is 19.3. The van der Waals surface area contributed by atoms with Gasteiger partial charge in [0.1, 0.15) is 6.54 Å². The Hall–Kier alpha value is -3.20. The van der Waals surface area contributed by atoms with Gasteiger partial charge in [-0.2, -0.15) is 14.8 Å². The molecule has 0 aliphatic carbocycles.